The van der Waals surface area contributed by atoms with Crippen LogP contribution >= 0.6 is 0 Å². The van der Waals surface area contributed by atoms with Crippen molar-refractivity contribution in [2.45, 2.75) is 58.8 Å². The summed E-state index contributed by atoms with van der Waals surface area (Å²) in [5.41, 5.74) is 3.21. The van der Waals surface area contributed by atoms with E-state index in [0.717, 1.165) is 24.0 Å². The zero-order valence-corrected chi connectivity index (χ0v) is 21.3. The van der Waals surface area contributed by atoms with Crippen molar-refractivity contribution >= 4 is 11.9 Å². The molecule has 1 N–H and O–H groups in total. The average Bonchev–Trinajstić information content (AvgIpc) is 3.15. The first kappa shape index (κ1) is 27.1. The summed E-state index contributed by atoms with van der Waals surface area (Å²) in [6.07, 6.45) is 2.28. The predicted octanol–water partition coefficient (Wildman–Crippen LogP) is 5.14. The molecule has 36 heavy (non-hydrogen) atoms. The molecular weight excluding hydrogens is 460 g/mol. The molecule has 0 radical (unpaired) electrons. The largest absolute Gasteiger partial charge is 0.478 e. The number of aromatic carboxylic acids is 1. The number of ether oxygens (including phenoxy) is 2. The molecule has 3 aromatic rings. The SMILES string of the molecule is CCCCC(=O)n1c(C(OC)OC)c(CCC)n(Cc2ccc(-c3ccccc3C(=O)O)cc2)c1=O. The molecule has 0 fully saturated rings. The number of aromatic nitrogens is 2. The fraction of sp³-hybridized carbons (Fsp3) is 0.393. The summed E-state index contributed by atoms with van der Waals surface area (Å²) in [6.45, 7) is 4.27. The van der Waals surface area contributed by atoms with E-state index in [1.54, 1.807) is 28.8 Å². The lowest BCUT2D eigenvalue weighted by atomic mass is 9.99. The van der Waals surface area contributed by atoms with Gasteiger partial charge in [-0.3, -0.25) is 9.36 Å². The Labute approximate surface area is 211 Å². The van der Waals surface area contributed by atoms with E-state index >= 15 is 0 Å². The summed E-state index contributed by atoms with van der Waals surface area (Å²) in [6, 6.07) is 14.3. The molecule has 8 heteroatoms. The highest BCUT2D eigenvalue weighted by Gasteiger charge is 2.29. The van der Waals surface area contributed by atoms with E-state index in [2.05, 4.69) is 0 Å². The van der Waals surface area contributed by atoms with Gasteiger partial charge in [0.2, 0.25) is 12.2 Å². The van der Waals surface area contributed by atoms with Gasteiger partial charge in [0, 0.05) is 26.3 Å². The van der Waals surface area contributed by atoms with Crippen LogP contribution < -0.4 is 5.69 Å². The van der Waals surface area contributed by atoms with Gasteiger partial charge in [-0.1, -0.05) is 69.2 Å². The summed E-state index contributed by atoms with van der Waals surface area (Å²) in [7, 11) is 2.97. The number of rotatable bonds is 12. The van der Waals surface area contributed by atoms with Crippen LogP contribution in [0, 0.1) is 0 Å². The van der Waals surface area contributed by atoms with Crippen molar-refractivity contribution in [2.75, 3.05) is 14.2 Å². The maximum atomic E-state index is 13.6. The number of carbonyl (C=O) groups excluding carboxylic acids is 1. The van der Waals surface area contributed by atoms with Crippen LogP contribution in [0.25, 0.3) is 11.1 Å². The van der Waals surface area contributed by atoms with Crippen LogP contribution in [0.1, 0.15) is 77.9 Å². The van der Waals surface area contributed by atoms with Crippen molar-refractivity contribution in [1.29, 1.82) is 0 Å². The zero-order valence-electron chi connectivity index (χ0n) is 21.3. The minimum Gasteiger partial charge on any atom is -0.478 e. The summed E-state index contributed by atoms with van der Waals surface area (Å²) in [5, 5.41) is 9.51. The summed E-state index contributed by atoms with van der Waals surface area (Å²) in [5.74, 6) is -1.26. The second kappa shape index (κ2) is 12.5. The van der Waals surface area contributed by atoms with Gasteiger partial charge in [-0.2, -0.15) is 0 Å². The number of hydrogen-bond acceptors (Lipinski definition) is 5. The zero-order chi connectivity index (χ0) is 26.2. The van der Waals surface area contributed by atoms with Crippen LogP contribution in [0.5, 0.6) is 0 Å². The Bertz CT molecular complexity index is 1250. The second-order valence-electron chi connectivity index (χ2n) is 8.63. The maximum absolute atomic E-state index is 13.6. The monoisotopic (exact) mass is 494 g/mol. The number of carboxylic acid groups (broad SMARTS) is 1. The van der Waals surface area contributed by atoms with Crippen LogP contribution in [0.15, 0.2) is 53.3 Å². The molecule has 0 saturated carbocycles. The van der Waals surface area contributed by atoms with E-state index in [1.165, 1.54) is 18.8 Å². The van der Waals surface area contributed by atoms with Crippen LogP contribution in [0.3, 0.4) is 0 Å². The normalized spacial score (nSPS) is 11.2. The van der Waals surface area contributed by atoms with Crippen molar-refractivity contribution < 1.29 is 24.2 Å². The van der Waals surface area contributed by atoms with Gasteiger partial charge in [-0.25, -0.2) is 14.2 Å². The molecule has 0 atom stereocenters. The number of unbranched alkanes of at least 4 members (excludes halogenated alkanes) is 1. The molecule has 0 saturated heterocycles. The number of benzene rings is 2. The predicted molar refractivity (Wildman–Crippen MR) is 138 cm³/mol. The Kier molecular flexibility index (Phi) is 9.38. The van der Waals surface area contributed by atoms with Gasteiger partial charge in [-0.05, 0) is 35.6 Å². The number of hydrogen-bond donors (Lipinski definition) is 1. The quantitative estimate of drug-likeness (QED) is 0.350. The Morgan fingerprint density at radius 1 is 0.972 bits per heavy atom. The van der Waals surface area contributed by atoms with Gasteiger partial charge >= 0.3 is 11.7 Å². The molecule has 0 aliphatic rings. The lowest BCUT2D eigenvalue weighted by Gasteiger charge is -2.17. The molecule has 0 unspecified atom stereocenters. The summed E-state index contributed by atoms with van der Waals surface area (Å²) < 4.78 is 13.8. The highest BCUT2D eigenvalue weighted by molar-refractivity contribution is 5.96. The molecule has 192 valence electrons. The second-order valence-corrected chi connectivity index (χ2v) is 8.63. The van der Waals surface area contributed by atoms with Gasteiger partial charge in [0.15, 0.2) is 0 Å². The molecule has 0 amide bonds. The molecule has 1 heterocycles. The molecule has 0 aliphatic heterocycles. The number of methoxy groups -OCH3 is 2. The standard InChI is InChI=1S/C28H34N2O6/c1-5-7-13-24(31)30-25(27(35-3)36-4)23(10-6-2)29(28(30)34)18-19-14-16-20(17-15-19)21-11-8-9-12-22(21)26(32)33/h8-9,11-12,14-17,27H,5-7,10,13,18H2,1-4H3,(H,32,33). The summed E-state index contributed by atoms with van der Waals surface area (Å²) in [4.78, 5) is 38.3. The molecule has 0 spiro atoms. The average molecular weight is 495 g/mol. The lowest BCUT2D eigenvalue weighted by molar-refractivity contribution is -0.110. The fourth-order valence-corrected chi connectivity index (χ4v) is 4.40. The van der Waals surface area contributed by atoms with E-state index < -0.39 is 17.9 Å². The van der Waals surface area contributed by atoms with Crippen molar-refractivity contribution in [2.24, 2.45) is 0 Å². The van der Waals surface area contributed by atoms with Gasteiger partial charge in [0.1, 0.15) is 5.69 Å². The lowest BCUT2D eigenvalue weighted by Crippen LogP contribution is -2.31. The Balaban J connectivity index is 2.06. The molecule has 0 bridgehead atoms. The molecule has 3 rings (SSSR count). The Morgan fingerprint density at radius 2 is 1.64 bits per heavy atom. The van der Waals surface area contributed by atoms with E-state index in [1.807, 2.05) is 38.1 Å². The molecule has 0 aliphatic carbocycles. The van der Waals surface area contributed by atoms with Gasteiger partial charge in [0.05, 0.1) is 12.1 Å². The van der Waals surface area contributed by atoms with Crippen LogP contribution in [-0.2, 0) is 22.4 Å². The highest BCUT2D eigenvalue weighted by Crippen LogP contribution is 2.26. The van der Waals surface area contributed by atoms with E-state index in [4.69, 9.17) is 9.47 Å². The van der Waals surface area contributed by atoms with Crippen molar-refractivity contribution in [1.82, 2.24) is 9.13 Å². The molecule has 8 nitrogen and oxygen atoms in total. The molecule has 2 aromatic carbocycles. The van der Waals surface area contributed by atoms with Crippen molar-refractivity contribution in [3.63, 3.8) is 0 Å². The van der Waals surface area contributed by atoms with Crippen LogP contribution in [0.4, 0.5) is 0 Å². The first-order valence-corrected chi connectivity index (χ1v) is 12.2. The first-order chi connectivity index (χ1) is 17.4. The number of imidazole rings is 1. The van der Waals surface area contributed by atoms with Crippen molar-refractivity contribution in [3.05, 3.63) is 81.5 Å². The minimum atomic E-state index is -0.988. The topological polar surface area (TPSA) is 99.8 Å². The highest BCUT2D eigenvalue weighted by atomic mass is 16.7. The first-order valence-electron chi connectivity index (χ1n) is 12.2. The summed E-state index contributed by atoms with van der Waals surface area (Å²) >= 11 is 0. The number of carboxylic acids is 1. The van der Waals surface area contributed by atoms with Crippen LogP contribution in [0.2, 0.25) is 0 Å². The third kappa shape index (κ3) is 5.66. The van der Waals surface area contributed by atoms with Crippen LogP contribution in [-0.4, -0.2) is 40.3 Å². The Hall–Kier alpha value is -3.49. The number of carbonyl (C=O) groups is 2. The van der Waals surface area contributed by atoms with Crippen molar-refractivity contribution in [3.8, 4) is 11.1 Å². The molecule has 1 aromatic heterocycles. The van der Waals surface area contributed by atoms with E-state index in [9.17, 15) is 19.5 Å². The number of nitrogens with zero attached hydrogens (tertiary/aromatic N) is 2. The van der Waals surface area contributed by atoms with Gasteiger partial charge in [-0.15, -0.1) is 0 Å². The maximum Gasteiger partial charge on any atom is 0.336 e. The Morgan fingerprint density at radius 3 is 2.22 bits per heavy atom. The van der Waals surface area contributed by atoms with Gasteiger partial charge in [0.25, 0.3) is 0 Å². The third-order valence-corrected chi connectivity index (χ3v) is 6.18. The fourth-order valence-electron chi connectivity index (χ4n) is 4.40. The van der Waals surface area contributed by atoms with E-state index in [-0.39, 0.29) is 24.4 Å². The molecular formula is C28H34N2O6. The minimum absolute atomic E-state index is 0.226. The smallest absolute Gasteiger partial charge is 0.336 e. The van der Waals surface area contributed by atoms with Gasteiger partial charge < -0.3 is 14.6 Å². The third-order valence-electron chi connectivity index (χ3n) is 6.18. The van der Waals surface area contributed by atoms with E-state index in [0.29, 0.717) is 29.8 Å².